The van der Waals surface area contributed by atoms with Gasteiger partial charge in [0.05, 0.1) is 0 Å². The van der Waals surface area contributed by atoms with Crippen LogP contribution >= 0.6 is 0 Å². The SMILES string of the molecule is CC/C=C\C/C=C\C/C=C\C/C=C\C/C=C\CCCCCCCCCCCCCC(=O)OCC(COC(=O)CCCCCCCCCCCCCCCCCCC)OC(=O)CCCCCCCCCCCCCCCCCCCCC. The van der Waals surface area contributed by atoms with E-state index in [0.29, 0.717) is 19.3 Å². The monoisotopic (exact) mass is 1130 g/mol. The lowest BCUT2D eigenvalue weighted by Crippen LogP contribution is -2.30. The molecule has 472 valence electrons. The minimum atomic E-state index is -0.773. The fraction of sp³-hybridized carbons (Fsp3) is 0.827. The number of ether oxygens (including phenoxy) is 3. The van der Waals surface area contributed by atoms with Gasteiger partial charge in [-0.3, -0.25) is 14.4 Å². The van der Waals surface area contributed by atoms with Crippen molar-refractivity contribution in [2.75, 3.05) is 13.2 Å². The second-order valence-electron chi connectivity index (χ2n) is 24.1. The quantitative estimate of drug-likeness (QED) is 0.0261. The number of carbonyl (C=O) groups is 3. The third-order valence-electron chi connectivity index (χ3n) is 16.0. The first-order valence-electron chi connectivity index (χ1n) is 35.8. The van der Waals surface area contributed by atoms with Gasteiger partial charge in [0.2, 0.25) is 0 Å². The van der Waals surface area contributed by atoms with Gasteiger partial charge in [-0.1, -0.05) is 358 Å². The van der Waals surface area contributed by atoms with E-state index >= 15 is 0 Å². The van der Waals surface area contributed by atoms with Gasteiger partial charge >= 0.3 is 17.9 Å². The Morgan fingerprint density at radius 3 is 0.753 bits per heavy atom. The van der Waals surface area contributed by atoms with Crippen molar-refractivity contribution in [1.82, 2.24) is 0 Å². The molecule has 0 aliphatic carbocycles. The van der Waals surface area contributed by atoms with Crippen molar-refractivity contribution < 1.29 is 28.6 Å². The zero-order valence-electron chi connectivity index (χ0n) is 54.3. The number of rotatable bonds is 66. The van der Waals surface area contributed by atoms with Crippen molar-refractivity contribution in [1.29, 1.82) is 0 Å². The van der Waals surface area contributed by atoms with Crippen molar-refractivity contribution >= 4 is 17.9 Å². The number of unbranched alkanes of at least 4 members (excludes halogenated alkanes) is 45. The summed E-state index contributed by atoms with van der Waals surface area (Å²) in [6.07, 6.45) is 89.6. The number of allylic oxidation sites excluding steroid dienone is 10. The highest BCUT2D eigenvalue weighted by molar-refractivity contribution is 5.71. The van der Waals surface area contributed by atoms with Crippen LogP contribution in [0.25, 0.3) is 0 Å². The van der Waals surface area contributed by atoms with Crippen molar-refractivity contribution in [2.45, 2.75) is 386 Å². The molecule has 1 unspecified atom stereocenters. The molecule has 1 atom stereocenters. The van der Waals surface area contributed by atoms with Crippen LogP contribution in [-0.2, 0) is 28.6 Å². The van der Waals surface area contributed by atoms with Gasteiger partial charge in [-0.05, 0) is 64.2 Å². The van der Waals surface area contributed by atoms with E-state index in [2.05, 4.69) is 81.5 Å². The maximum atomic E-state index is 13.0. The van der Waals surface area contributed by atoms with E-state index in [9.17, 15) is 14.4 Å². The molecule has 81 heavy (non-hydrogen) atoms. The third-order valence-corrected chi connectivity index (χ3v) is 16.0. The Morgan fingerprint density at radius 1 is 0.259 bits per heavy atom. The highest BCUT2D eigenvalue weighted by atomic mass is 16.6. The van der Waals surface area contributed by atoms with Gasteiger partial charge in [-0.2, -0.15) is 0 Å². The molecule has 0 aromatic rings. The maximum Gasteiger partial charge on any atom is 0.306 e. The number of hydrogen-bond donors (Lipinski definition) is 0. The van der Waals surface area contributed by atoms with Crippen LogP contribution in [0.4, 0.5) is 0 Å². The molecule has 0 aromatic carbocycles. The first-order valence-corrected chi connectivity index (χ1v) is 35.8. The second kappa shape index (κ2) is 69.6. The molecular weight excluding hydrogens is 997 g/mol. The molecule has 0 spiro atoms. The van der Waals surface area contributed by atoms with E-state index in [4.69, 9.17) is 14.2 Å². The fourth-order valence-corrected chi connectivity index (χ4v) is 10.7. The Morgan fingerprint density at radius 2 is 0.481 bits per heavy atom. The molecule has 0 bridgehead atoms. The Hall–Kier alpha value is -2.89. The third kappa shape index (κ3) is 67.8. The average Bonchev–Trinajstić information content (AvgIpc) is 3.47. The van der Waals surface area contributed by atoms with E-state index in [0.717, 1.165) is 89.9 Å². The highest BCUT2D eigenvalue weighted by Gasteiger charge is 2.19. The predicted molar refractivity (Wildman–Crippen MR) is 353 cm³/mol. The molecule has 0 heterocycles. The van der Waals surface area contributed by atoms with E-state index < -0.39 is 6.10 Å². The molecule has 0 rings (SSSR count). The number of esters is 3. The van der Waals surface area contributed by atoms with Crippen molar-refractivity contribution in [3.8, 4) is 0 Å². The van der Waals surface area contributed by atoms with Gasteiger partial charge in [0.25, 0.3) is 0 Å². The van der Waals surface area contributed by atoms with E-state index in [1.54, 1.807) is 0 Å². The summed E-state index contributed by atoms with van der Waals surface area (Å²) in [5.41, 5.74) is 0. The van der Waals surface area contributed by atoms with Crippen LogP contribution in [0.1, 0.15) is 380 Å². The Bertz CT molecular complexity index is 1440. The van der Waals surface area contributed by atoms with E-state index in [1.807, 2.05) is 0 Å². The first kappa shape index (κ1) is 78.1. The van der Waals surface area contributed by atoms with Crippen LogP contribution in [-0.4, -0.2) is 37.2 Å². The molecular formula is C75H136O6. The lowest BCUT2D eigenvalue weighted by Gasteiger charge is -2.18. The fourth-order valence-electron chi connectivity index (χ4n) is 10.7. The van der Waals surface area contributed by atoms with Gasteiger partial charge in [0.15, 0.2) is 6.10 Å². The Labute approximate surface area is 504 Å². The van der Waals surface area contributed by atoms with Gasteiger partial charge in [0.1, 0.15) is 13.2 Å². The van der Waals surface area contributed by atoms with Gasteiger partial charge in [-0.25, -0.2) is 0 Å². The molecule has 0 saturated carbocycles. The highest BCUT2D eigenvalue weighted by Crippen LogP contribution is 2.18. The van der Waals surface area contributed by atoms with Crippen molar-refractivity contribution in [3.05, 3.63) is 60.8 Å². The normalized spacial score (nSPS) is 12.4. The largest absolute Gasteiger partial charge is 0.462 e. The molecule has 0 fully saturated rings. The Kier molecular flexibility index (Phi) is 67.1. The van der Waals surface area contributed by atoms with Crippen LogP contribution in [0.15, 0.2) is 60.8 Å². The molecule has 0 aliphatic rings. The van der Waals surface area contributed by atoms with Gasteiger partial charge < -0.3 is 14.2 Å². The molecule has 0 radical (unpaired) electrons. The molecule has 0 amide bonds. The lowest BCUT2D eigenvalue weighted by atomic mass is 10.0. The standard InChI is InChI=1S/C75H136O6/c1-4-7-10-13-16-19-22-25-28-31-33-34-35-36-37-38-39-40-42-44-47-50-53-56-59-62-65-68-74(77)80-71-72(70-79-73(76)67-64-61-58-55-52-49-46-43-30-27-24-21-18-15-12-9-6-3)81-75(78)69-66-63-60-57-54-51-48-45-41-32-29-26-23-20-17-14-11-8-5-2/h7,10,16,19,25,28,33-34,36-37,72H,4-6,8-9,11-15,17-18,20-24,26-27,29-32,35,38-71H2,1-3H3/b10-7-,19-16-,28-25-,34-33-,37-36-. The van der Waals surface area contributed by atoms with Crippen molar-refractivity contribution in [2.24, 2.45) is 0 Å². The smallest absolute Gasteiger partial charge is 0.306 e. The molecule has 0 saturated heterocycles. The van der Waals surface area contributed by atoms with Gasteiger partial charge in [0, 0.05) is 19.3 Å². The molecule has 0 aliphatic heterocycles. The summed E-state index contributed by atoms with van der Waals surface area (Å²) in [7, 11) is 0. The van der Waals surface area contributed by atoms with Gasteiger partial charge in [-0.15, -0.1) is 0 Å². The van der Waals surface area contributed by atoms with Crippen LogP contribution < -0.4 is 0 Å². The molecule has 0 N–H and O–H groups in total. The number of carbonyl (C=O) groups excluding carboxylic acids is 3. The van der Waals surface area contributed by atoms with E-state index in [1.165, 1.54) is 250 Å². The average molecular weight is 1130 g/mol. The molecule has 0 aromatic heterocycles. The minimum Gasteiger partial charge on any atom is -0.462 e. The summed E-state index contributed by atoms with van der Waals surface area (Å²) >= 11 is 0. The van der Waals surface area contributed by atoms with Crippen LogP contribution in [0.3, 0.4) is 0 Å². The van der Waals surface area contributed by atoms with Crippen molar-refractivity contribution in [3.63, 3.8) is 0 Å². The second-order valence-corrected chi connectivity index (χ2v) is 24.1. The van der Waals surface area contributed by atoms with Crippen LogP contribution in [0.2, 0.25) is 0 Å². The minimum absolute atomic E-state index is 0.0683. The molecule has 6 heteroatoms. The zero-order chi connectivity index (χ0) is 58.5. The summed E-state index contributed by atoms with van der Waals surface area (Å²) in [6, 6.07) is 0. The predicted octanol–water partition coefficient (Wildman–Crippen LogP) is 24.7. The molecule has 6 nitrogen and oxygen atoms in total. The lowest BCUT2D eigenvalue weighted by molar-refractivity contribution is -0.167. The summed E-state index contributed by atoms with van der Waals surface area (Å²) in [4.78, 5) is 38.5. The van der Waals surface area contributed by atoms with Crippen LogP contribution in [0, 0.1) is 0 Å². The maximum absolute atomic E-state index is 13.0. The topological polar surface area (TPSA) is 78.9 Å². The number of hydrogen-bond acceptors (Lipinski definition) is 6. The summed E-state index contributed by atoms with van der Waals surface area (Å²) in [5, 5.41) is 0. The zero-order valence-corrected chi connectivity index (χ0v) is 54.3. The summed E-state index contributed by atoms with van der Waals surface area (Å²) < 4.78 is 17.0. The Balaban J connectivity index is 4.29. The van der Waals surface area contributed by atoms with Crippen LogP contribution in [0.5, 0.6) is 0 Å². The summed E-state index contributed by atoms with van der Waals surface area (Å²) in [5.74, 6) is -0.842. The summed E-state index contributed by atoms with van der Waals surface area (Å²) in [6.45, 7) is 6.60. The van der Waals surface area contributed by atoms with E-state index in [-0.39, 0.29) is 31.1 Å². The first-order chi connectivity index (χ1) is 40.0.